The molecule has 0 atom stereocenters. The zero-order valence-corrected chi connectivity index (χ0v) is 16.3. The number of methoxy groups -OCH3 is 1. The van der Waals surface area contributed by atoms with Gasteiger partial charge < -0.3 is 19.7 Å². The third kappa shape index (κ3) is 10.2. The first-order valence-corrected chi connectivity index (χ1v) is 7.73. The number of ether oxygens (including phenoxy) is 2. The minimum absolute atomic E-state index is 0. The molecule has 1 rings (SSSR count). The molecule has 0 spiro atoms. The van der Waals surface area contributed by atoms with Gasteiger partial charge in [-0.25, -0.2) is 0 Å². The van der Waals surface area contributed by atoms with E-state index in [-0.39, 0.29) is 29.9 Å². The summed E-state index contributed by atoms with van der Waals surface area (Å²) in [4.78, 5) is 17.3. The van der Waals surface area contributed by atoms with Crippen molar-refractivity contribution in [2.45, 2.75) is 32.1 Å². The predicted octanol–water partition coefficient (Wildman–Crippen LogP) is 1.88. The van der Waals surface area contributed by atoms with Gasteiger partial charge in [0.1, 0.15) is 0 Å². The number of nitrogens with one attached hydrogen (secondary N) is 1. The van der Waals surface area contributed by atoms with Crippen molar-refractivity contribution in [2.75, 3.05) is 47.5 Å². The van der Waals surface area contributed by atoms with Gasteiger partial charge in [-0.1, -0.05) is 0 Å². The molecule has 0 aromatic rings. The highest BCUT2D eigenvalue weighted by atomic mass is 127. The predicted molar refractivity (Wildman–Crippen MR) is 98.8 cm³/mol. The van der Waals surface area contributed by atoms with E-state index in [0.29, 0.717) is 6.42 Å². The Kier molecular flexibility index (Phi) is 12.6. The van der Waals surface area contributed by atoms with Crippen LogP contribution in [0.25, 0.3) is 0 Å². The van der Waals surface area contributed by atoms with Crippen LogP contribution < -0.4 is 5.32 Å². The van der Waals surface area contributed by atoms with Gasteiger partial charge in [-0.15, -0.1) is 24.0 Å². The Morgan fingerprint density at radius 3 is 2.68 bits per heavy atom. The molecule has 1 saturated carbocycles. The number of unbranched alkanes of at least 4 members (excludes halogenated alkanes) is 1. The number of hydrogen-bond donors (Lipinski definition) is 1. The van der Waals surface area contributed by atoms with Crippen LogP contribution in [-0.4, -0.2) is 64.3 Å². The summed E-state index contributed by atoms with van der Waals surface area (Å²) < 4.78 is 10.2. The van der Waals surface area contributed by atoms with Gasteiger partial charge in [-0.3, -0.25) is 9.79 Å². The Bertz CT molecular complexity index is 336. The Labute approximate surface area is 151 Å². The van der Waals surface area contributed by atoms with Crippen LogP contribution in [0.5, 0.6) is 0 Å². The fraction of sp³-hybridized carbons (Fsp3) is 0.867. The topological polar surface area (TPSA) is 63.2 Å². The Hall–Kier alpha value is -0.570. The smallest absolute Gasteiger partial charge is 0.305 e. The zero-order valence-electron chi connectivity index (χ0n) is 14.0. The van der Waals surface area contributed by atoms with Gasteiger partial charge in [-0.05, 0) is 31.6 Å². The highest BCUT2D eigenvalue weighted by Gasteiger charge is 2.21. The minimum Gasteiger partial charge on any atom is -0.469 e. The Morgan fingerprint density at radius 1 is 1.36 bits per heavy atom. The lowest BCUT2D eigenvalue weighted by atomic mass is 10.2. The summed E-state index contributed by atoms with van der Waals surface area (Å²) in [7, 11) is 5.20. The van der Waals surface area contributed by atoms with Crippen molar-refractivity contribution in [3.63, 3.8) is 0 Å². The number of guanidine groups is 1. The maximum atomic E-state index is 11.0. The average Bonchev–Trinajstić information content (AvgIpc) is 3.31. The second-order valence-corrected chi connectivity index (χ2v) is 5.45. The Balaban J connectivity index is 0.00000441. The molecule has 6 nitrogen and oxygen atoms in total. The molecule has 0 amide bonds. The van der Waals surface area contributed by atoms with Crippen molar-refractivity contribution in [3.8, 4) is 0 Å². The average molecular weight is 427 g/mol. The highest BCUT2D eigenvalue weighted by Crippen LogP contribution is 2.28. The number of hydrogen-bond acceptors (Lipinski definition) is 4. The maximum absolute atomic E-state index is 11.0. The molecule has 0 saturated heterocycles. The monoisotopic (exact) mass is 427 g/mol. The van der Waals surface area contributed by atoms with E-state index in [1.807, 2.05) is 7.05 Å². The number of likely N-dealkylation sites (N-methyl/N-ethyl adjacent to an activating group) is 1. The SMILES string of the molecule is CN=C(NCCCCC(=O)OC)N(C)CCOCC1CC1.I. The lowest BCUT2D eigenvalue weighted by Gasteiger charge is -2.22. The van der Waals surface area contributed by atoms with Crippen LogP contribution in [0.1, 0.15) is 32.1 Å². The zero-order chi connectivity index (χ0) is 15.5. The molecule has 0 bridgehead atoms. The summed E-state index contributed by atoms with van der Waals surface area (Å²) in [6.07, 6.45) is 4.86. The molecule has 1 aliphatic rings. The van der Waals surface area contributed by atoms with Crippen LogP contribution in [0.15, 0.2) is 4.99 Å². The highest BCUT2D eigenvalue weighted by molar-refractivity contribution is 14.0. The van der Waals surface area contributed by atoms with Gasteiger partial charge in [0, 0.05) is 40.2 Å². The molecule has 22 heavy (non-hydrogen) atoms. The van der Waals surface area contributed by atoms with Crippen LogP contribution in [0.2, 0.25) is 0 Å². The van der Waals surface area contributed by atoms with Gasteiger partial charge in [-0.2, -0.15) is 0 Å². The number of rotatable bonds is 10. The second-order valence-electron chi connectivity index (χ2n) is 5.45. The van der Waals surface area contributed by atoms with Gasteiger partial charge in [0.05, 0.1) is 13.7 Å². The molecule has 0 aliphatic heterocycles. The quantitative estimate of drug-likeness (QED) is 0.190. The standard InChI is InChI=1S/C15H29N3O3.HI/c1-16-15(17-9-5-4-6-14(19)20-3)18(2)10-11-21-12-13-7-8-13;/h13H,4-12H2,1-3H3,(H,16,17);1H. The number of nitrogens with zero attached hydrogens (tertiary/aromatic N) is 2. The summed E-state index contributed by atoms with van der Waals surface area (Å²) in [5, 5.41) is 3.29. The van der Waals surface area contributed by atoms with E-state index in [0.717, 1.165) is 51.0 Å². The van der Waals surface area contributed by atoms with E-state index in [2.05, 4.69) is 19.9 Å². The molecule has 0 radical (unpaired) electrons. The Morgan fingerprint density at radius 2 is 2.09 bits per heavy atom. The lowest BCUT2D eigenvalue weighted by molar-refractivity contribution is -0.140. The van der Waals surface area contributed by atoms with Gasteiger partial charge in [0.2, 0.25) is 0 Å². The summed E-state index contributed by atoms with van der Waals surface area (Å²) in [5.41, 5.74) is 0. The van der Waals surface area contributed by atoms with E-state index in [9.17, 15) is 4.79 Å². The van der Waals surface area contributed by atoms with E-state index in [1.54, 1.807) is 7.05 Å². The minimum atomic E-state index is -0.149. The van der Waals surface area contributed by atoms with Crippen molar-refractivity contribution in [3.05, 3.63) is 0 Å². The van der Waals surface area contributed by atoms with Crippen molar-refractivity contribution < 1.29 is 14.3 Å². The molecule has 7 heteroatoms. The summed E-state index contributed by atoms with van der Waals surface area (Å²) in [5.74, 6) is 1.52. The van der Waals surface area contributed by atoms with E-state index < -0.39 is 0 Å². The molecule has 0 aromatic heterocycles. The van der Waals surface area contributed by atoms with Crippen LogP contribution in [0.3, 0.4) is 0 Å². The fourth-order valence-corrected chi connectivity index (χ4v) is 1.92. The second kappa shape index (κ2) is 12.9. The molecular weight excluding hydrogens is 397 g/mol. The number of halogens is 1. The van der Waals surface area contributed by atoms with Crippen LogP contribution >= 0.6 is 24.0 Å². The van der Waals surface area contributed by atoms with Crippen molar-refractivity contribution in [1.29, 1.82) is 0 Å². The van der Waals surface area contributed by atoms with Crippen molar-refractivity contribution in [1.82, 2.24) is 10.2 Å². The first kappa shape index (κ1) is 21.4. The summed E-state index contributed by atoms with van der Waals surface area (Å²) >= 11 is 0. The maximum Gasteiger partial charge on any atom is 0.305 e. The van der Waals surface area contributed by atoms with Crippen LogP contribution in [0.4, 0.5) is 0 Å². The third-order valence-corrected chi connectivity index (χ3v) is 3.51. The van der Waals surface area contributed by atoms with E-state index in [4.69, 9.17) is 4.74 Å². The van der Waals surface area contributed by atoms with Gasteiger partial charge in [0.15, 0.2) is 5.96 Å². The fourth-order valence-electron chi connectivity index (χ4n) is 1.92. The van der Waals surface area contributed by atoms with Crippen LogP contribution in [-0.2, 0) is 14.3 Å². The lowest BCUT2D eigenvalue weighted by Crippen LogP contribution is -2.41. The van der Waals surface area contributed by atoms with Crippen molar-refractivity contribution in [2.24, 2.45) is 10.9 Å². The number of carbonyl (C=O) groups excluding carboxylic acids is 1. The number of esters is 1. The molecule has 1 fully saturated rings. The molecule has 1 aliphatic carbocycles. The molecule has 1 N–H and O–H groups in total. The summed E-state index contributed by atoms with van der Waals surface area (Å²) in [6.45, 7) is 3.26. The molecule has 0 unspecified atom stereocenters. The van der Waals surface area contributed by atoms with Crippen molar-refractivity contribution >= 4 is 35.9 Å². The van der Waals surface area contributed by atoms with Gasteiger partial charge in [0.25, 0.3) is 0 Å². The normalized spacial score (nSPS) is 14.2. The number of aliphatic imine (C=N–C) groups is 1. The largest absolute Gasteiger partial charge is 0.469 e. The molecular formula is C15H30IN3O3. The molecule has 0 aromatic carbocycles. The molecule has 0 heterocycles. The molecule has 130 valence electrons. The first-order chi connectivity index (χ1) is 10.2. The third-order valence-electron chi connectivity index (χ3n) is 3.51. The van der Waals surface area contributed by atoms with E-state index in [1.165, 1.54) is 20.0 Å². The van der Waals surface area contributed by atoms with Crippen LogP contribution in [0, 0.1) is 5.92 Å². The van der Waals surface area contributed by atoms with E-state index >= 15 is 0 Å². The summed E-state index contributed by atoms with van der Waals surface area (Å²) in [6, 6.07) is 0. The number of carbonyl (C=O) groups is 1. The van der Waals surface area contributed by atoms with Gasteiger partial charge >= 0.3 is 5.97 Å². The first-order valence-electron chi connectivity index (χ1n) is 7.73.